The van der Waals surface area contributed by atoms with Crippen molar-refractivity contribution in [2.24, 2.45) is 0 Å². The molecule has 0 saturated carbocycles. The summed E-state index contributed by atoms with van der Waals surface area (Å²) in [6.07, 6.45) is 7.00. The molecular formula is C20H23N7O2. The van der Waals surface area contributed by atoms with E-state index in [2.05, 4.69) is 30.6 Å². The van der Waals surface area contributed by atoms with Crippen LogP contribution < -0.4 is 15.5 Å². The molecule has 1 fully saturated rings. The van der Waals surface area contributed by atoms with Gasteiger partial charge in [-0.05, 0) is 41.5 Å². The summed E-state index contributed by atoms with van der Waals surface area (Å²) < 4.78 is 7.06. The minimum atomic E-state index is -0.229. The number of amides is 2. The van der Waals surface area contributed by atoms with Gasteiger partial charge in [-0.25, -0.2) is 19.4 Å². The molecule has 3 aromatic heterocycles. The summed E-state index contributed by atoms with van der Waals surface area (Å²) in [5.74, 6) is 1.62. The van der Waals surface area contributed by atoms with Crippen LogP contribution in [0.3, 0.4) is 0 Å². The molecule has 9 heteroatoms. The van der Waals surface area contributed by atoms with Crippen molar-refractivity contribution in [3.8, 4) is 5.82 Å². The highest BCUT2D eigenvalue weighted by Crippen LogP contribution is 2.14. The van der Waals surface area contributed by atoms with Crippen molar-refractivity contribution < 1.29 is 9.53 Å². The van der Waals surface area contributed by atoms with Crippen LogP contribution in [0.4, 0.5) is 10.6 Å². The largest absolute Gasteiger partial charge is 0.378 e. The Labute approximate surface area is 168 Å². The number of hydrogen-bond acceptors (Lipinski definition) is 6. The highest BCUT2D eigenvalue weighted by atomic mass is 16.5. The maximum atomic E-state index is 12.2. The maximum Gasteiger partial charge on any atom is 0.315 e. The molecule has 29 heavy (non-hydrogen) atoms. The molecule has 1 aliphatic rings. The molecule has 0 radical (unpaired) electrons. The smallest absolute Gasteiger partial charge is 0.315 e. The van der Waals surface area contributed by atoms with Crippen LogP contribution in [-0.4, -0.2) is 52.1 Å². The maximum absolute atomic E-state index is 12.2. The van der Waals surface area contributed by atoms with Crippen LogP contribution in [-0.2, 0) is 17.8 Å². The molecule has 0 spiro atoms. The number of morpholine rings is 1. The van der Waals surface area contributed by atoms with Gasteiger partial charge in [-0.1, -0.05) is 0 Å². The third kappa shape index (κ3) is 5.08. The Morgan fingerprint density at radius 3 is 2.28 bits per heavy atom. The fourth-order valence-electron chi connectivity index (χ4n) is 3.06. The molecule has 150 valence electrons. The zero-order valence-electron chi connectivity index (χ0n) is 16.0. The van der Waals surface area contributed by atoms with E-state index in [4.69, 9.17) is 4.74 Å². The van der Waals surface area contributed by atoms with E-state index < -0.39 is 0 Å². The second-order valence-corrected chi connectivity index (χ2v) is 6.63. The summed E-state index contributed by atoms with van der Waals surface area (Å²) in [5.41, 5.74) is 1.95. The first-order valence-electron chi connectivity index (χ1n) is 9.52. The highest BCUT2D eigenvalue weighted by molar-refractivity contribution is 5.73. The molecule has 2 N–H and O–H groups in total. The van der Waals surface area contributed by atoms with E-state index in [1.807, 2.05) is 36.5 Å². The lowest BCUT2D eigenvalue weighted by atomic mass is 10.2. The summed E-state index contributed by atoms with van der Waals surface area (Å²) in [7, 11) is 0. The molecule has 2 amide bonds. The van der Waals surface area contributed by atoms with Crippen molar-refractivity contribution in [3.63, 3.8) is 0 Å². The van der Waals surface area contributed by atoms with Crippen LogP contribution in [0.1, 0.15) is 11.1 Å². The number of urea groups is 1. The molecule has 0 aliphatic carbocycles. The minimum Gasteiger partial charge on any atom is -0.378 e. The van der Waals surface area contributed by atoms with Crippen molar-refractivity contribution in [1.82, 2.24) is 30.4 Å². The van der Waals surface area contributed by atoms with Crippen LogP contribution in [0, 0.1) is 0 Å². The number of anilines is 1. The van der Waals surface area contributed by atoms with E-state index in [0.717, 1.165) is 30.0 Å². The Bertz CT molecular complexity index is 940. The average Bonchev–Trinajstić information content (AvgIpc) is 3.32. The third-order valence-corrected chi connectivity index (χ3v) is 4.60. The first-order chi connectivity index (χ1) is 14.3. The van der Waals surface area contributed by atoms with Crippen molar-refractivity contribution in [1.29, 1.82) is 0 Å². The molecule has 4 rings (SSSR count). The van der Waals surface area contributed by atoms with Gasteiger partial charge in [0, 0.05) is 51.0 Å². The fraction of sp³-hybridized carbons (Fsp3) is 0.300. The van der Waals surface area contributed by atoms with Gasteiger partial charge in [-0.15, -0.1) is 0 Å². The number of carbonyl (C=O) groups excluding carboxylic acids is 1. The van der Waals surface area contributed by atoms with Gasteiger partial charge in [-0.2, -0.15) is 5.10 Å². The number of hydrogen-bond donors (Lipinski definition) is 2. The molecule has 0 atom stereocenters. The SMILES string of the molecule is O=C(NCc1ccnc(N2CCOCC2)c1)NCc1ccnc(-n2cccn2)c1. The summed E-state index contributed by atoms with van der Waals surface area (Å²) >= 11 is 0. The van der Waals surface area contributed by atoms with Crippen LogP contribution in [0.5, 0.6) is 0 Å². The predicted molar refractivity (Wildman–Crippen MR) is 108 cm³/mol. The van der Waals surface area contributed by atoms with Gasteiger partial charge < -0.3 is 20.3 Å². The number of nitrogens with zero attached hydrogens (tertiary/aromatic N) is 5. The Hall–Kier alpha value is -3.46. The van der Waals surface area contributed by atoms with E-state index in [0.29, 0.717) is 32.1 Å². The van der Waals surface area contributed by atoms with Crippen LogP contribution in [0.25, 0.3) is 5.82 Å². The van der Waals surface area contributed by atoms with Gasteiger partial charge in [0.05, 0.1) is 13.2 Å². The predicted octanol–water partition coefficient (Wildman–Crippen LogP) is 1.50. The van der Waals surface area contributed by atoms with Crippen molar-refractivity contribution in [2.75, 3.05) is 31.2 Å². The van der Waals surface area contributed by atoms with Crippen LogP contribution in [0.15, 0.2) is 55.1 Å². The summed E-state index contributed by atoms with van der Waals surface area (Å²) in [5, 5.41) is 9.92. The number of aromatic nitrogens is 4. The molecule has 0 aromatic carbocycles. The number of ether oxygens (including phenoxy) is 1. The van der Waals surface area contributed by atoms with Crippen molar-refractivity contribution in [3.05, 3.63) is 66.2 Å². The zero-order valence-corrected chi connectivity index (χ0v) is 16.0. The average molecular weight is 393 g/mol. The molecule has 3 aromatic rings. The molecule has 0 unspecified atom stereocenters. The lowest BCUT2D eigenvalue weighted by Crippen LogP contribution is -2.37. The summed E-state index contributed by atoms with van der Waals surface area (Å²) in [4.78, 5) is 23.1. The topological polar surface area (TPSA) is 97.2 Å². The first kappa shape index (κ1) is 18.9. The molecular weight excluding hydrogens is 370 g/mol. The zero-order chi connectivity index (χ0) is 19.9. The fourth-order valence-corrected chi connectivity index (χ4v) is 3.06. The van der Waals surface area contributed by atoms with Gasteiger partial charge in [0.1, 0.15) is 5.82 Å². The lowest BCUT2D eigenvalue weighted by Gasteiger charge is -2.28. The Morgan fingerprint density at radius 1 is 0.966 bits per heavy atom. The van der Waals surface area contributed by atoms with Crippen LogP contribution in [0.2, 0.25) is 0 Å². The molecule has 9 nitrogen and oxygen atoms in total. The van der Waals surface area contributed by atoms with Gasteiger partial charge in [0.2, 0.25) is 0 Å². The Kier molecular flexibility index (Phi) is 5.96. The van der Waals surface area contributed by atoms with Gasteiger partial charge in [0.25, 0.3) is 0 Å². The van der Waals surface area contributed by atoms with Crippen molar-refractivity contribution in [2.45, 2.75) is 13.1 Å². The van der Waals surface area contributed by atoms with E-state index in [1.54, 1.807) is 23.3 Å². The standard InChI is InChI=1S/C20H23N7O2/c28-20(24-15-17-3-6-22-19(13-17)27-7-1-4-25-27)23-14-16-2-5-21-18(12-16)26-8-10-29-11-9-26/h1-7,12-13H,8-11,14-15H2,(H2,23,24,28). The molecule has 4 heterocycles. The number of nitrogens with one attached hydrogen (secondary N) is 2. The number of pyridine rings is 2. The minimum absolute atomic E-state index is 0.229. The van der Waals surface area contributed by atoms with E-state index in [-0.39, 0.29) is 6.03 Å². The van der Waals surface area contributed by atoms with E-state index in [9.17, 15) is 4.79 Å². The van der Waals surface area contributed by atoms with E-state index >= 15 is 0 Å². The quantitative estimate of drug-likeness (QED) is 0.659. The van der Waals surface area contributed by atoms with Crippen molar-refractivity contribution >= 4 is 11.8 Å². The Morgan fingerprint density at radius 2 is 1.62 bits per heavy atom. The number of carbonyl (C=O) groups is 1. The highest BCUT2D eigenvalue weighted by Gasteiger charge is 2.12. The number of rotatable bonds is 6. The third-order valence-electron chi connectivity index (χ3n) is 4.60. The summed E-state index contributed by atoms with van der Waals surface area (Å²) in [6, 6.07) is 9.28. The normalized spacial score (nSPS) is 13.9. The molecule has 1 aliphatic heterocycles. The lowest BCUT2D eigenvalue weighted by molar-refractivity contribution is 0.122. The molecule has 0 bridgehead atoms. The van der Waals surface area contributed by atoms with Gasteiger partial charge in [0.15, 0.2) is 5.82 Å². The molecule has 1 saturated heterocycles. The second-order valence-electron chi connectivity index (χ2n) is 6.63. The second kappa shape index (κ2) is 9.16. The summed E-state index contributed by atoms with van der Waals surface area (Å²) in [6.45, 7) is 3.92. The van der Waals surface area contributed by atoms with Crippen LogP contribution >= 0.6 is 0 Å². The monoisotopic (exact) mass is 393 g/mol. The van der Waals surface area contributed by atoms with Gasteiger partial charge >= 0.3 is 6.03 Å². The first-order valence-corrected chi connectivity index (χ1v) is 9.52. The van der Waals surface area contributed by atoms with E-state index in [1.165, 1.54) is 0 Å². The Balaban J connectivity index is 1.28. The van der Waals surface area contributed by atoms with Gasteiger partial charge in [-0.3, -0.25) is 0 Å².